The number of amides is 1. The molecule has 1 fully saturated rings. The molecule has 0 saturated carbocycles. The monoisotopic (exact) mass is 247 g/mol. The first-order valence-corrected chi connectivity index (χ1v) is 6.54. The molecule has 1 aromatic carbocycles. The van der Waals surface area contributed by atoms with Crippen LogP contribution in [0.15, 0.2) is 24.3 Å². The predicted octanol–water partition coefficient (Wildman–Crippen LogP) is 1.57. The lowest BCUT2D eigenvalue weighted by Gasteiger charge is -2.22. The second kappa shape index (κ2) is 5.98. The molecule has 0 bridgehead atoms. The summed E-state index contributed by atoms with van der Waals surface area (Å²) in [6, 6.07) is 7.63. The molecule has 1 amide bonds. The Labute approximate surface area is 108 Å². The minimum absolute atomic E-state index is 0.0540. The average Bonchev–Trinajstić information content (AvgIpc) is 2.92. The Bertz CT molecular complexity index is 396. The van der Waals surface area contributed by atoms with Crippen LogP contribution >= 0.6 is 0 Å². The van der Waals surface area contributed by atoms with Gasteiger partial charge in [-0.2, -0.15) is 0 Å². The fourth-order valence-electron chi connectivity index (χ4n) is 2.27. The van der Waals surface area contributed by atoms with Gasteiger partial charge >= 0.3 is 0 Å². The zero-order chi connectivity index (χ0) is 13.0. The summed E-state index contributed by atoms with van der Waals surface area (Å²) in [6.07, 6.45) is 2.39. The molecular weight excluding hydrogens is 226 g/mol. The van der Waals surface area contributed by atoms with Gasteiger partial charge in [0.15, 0.2) is 0 Å². The van der Waals surface area contributed by atoms with Crippen LogP contribution in [0.5, 0.6) is 0 Å². The van der Waals surface area contributed by atoms with Crippen molar-refractivity contribution in [3.8, 4) is 0 Å². The summed E-state index contributed by atoms with van der Waals surface area (Å²) in [7, 11) is 0. The quantitative estimate of drug-likeness (QED) is 0.849. The van der Waals surface area contributed by atoms with Crippen molar-refractivity contribution in [3.05, 3.63) is 29.8 Å². The van der Waals surface area contributed by atoms with E-state index in [9.17, 15) is 4.79 Å². The summed E-state index contributed by atoms with van der Waals surface area (Å²) >= 11 is 0. The highest BCUT2D eigenvalue weighted by Crippen LogP contribution is 2.14. The second-order valence-corrected chi connectivity index (χ2v) is 4.81. The lowest BCUT2D eigenvalue weighted by Crippen LogP contribution is -2.40. The van der Waals surface area contributed by atoms with Crippen LogP contribution in [-0.4, -0.2) is 29.9 Å². The zero-order valence-electron chi connectivity index (χ0n) is 10.9. The molecule has 2 rings (SSSR count). The van der Waals surface area contributed by atoms with E-state index in [4.69, 9.17) is 5.73 Å². The number of nitrogens with one attached hydrogen (secondary N) is 1. The van der Waals surface area contributed by atoms with Crippen LogP contribution in [0.25, 0.3) is 0 Å². The number of nitrogens with zero attached hydrogens (tertiary/aromatic N) is 1. The molecule has 3 N–H and O–H groups in total. The molecule has 1 aliphatic heterocycles. The SMILES string of the molecule is CC(C(=O)Nc1ccc(CN)cc1)N1CCCC1. The molecule has 0 spiro atoms. The number of likely N-dealkylation sites (tertiary alicyclic amines) is 1. The van der Waals surface area contributed by atoms with Gasteiger partial charge in [-0.3, -0.25) is 9.69 Å². The average molecular weight is 247 g/mol. The molecule has 1 atom stereocenters. The highest BCUT2D eigenvalue weighted by molar-refractivity contribution is 5.94. The van der Waals surface area contributed by atoms with Crippen molar-refractivity contribution < 1.29 is 4.79 Å². The van der Waals surface area contributed by atoms with E-state index >= 15 is 0 Å². The minimum Gasteiger partial charge on any atom is -0.326 e. The number of rotatable bonds is 4. The van der Waals surface area contributed by atoms with Crippen molar-refractivity contribution in [2.45, 2.75) is 32.4 Å². The first-order valence-electron chi connectivity index (χ1n) is 6.54. The van der Waals surface area contributed by atoms with Gasteiger partial charge in [-0.15, -0.1) is 0 Å². The van der Waals surface area contributed by atoms with E-state index in [0.29, 0.717) is 6.54 Å². The lowest BCUT2D eigenvalue weighted by molar-refractivity contribution is -0.120. The van der Waals surface area contributed by atoms with E-state index in [0.717, 1.165) is 24.3 Å². The smallest absolute Gasteiger partial charge is 0.241 e. The summed E-state index contributed by atoms with van der Waals surface area (Å²) in [4.78, 5) is 14.3. The molecule has 4 heteroatoms. The predicted molar refractivity (Wildman–Crippen MR) is 73.2 cm³/mol. The number of carbonyl (C=O) groups is 1. The second-order valence-electron chi connectivity index (χ2n) is 4.81. The van der Waals surface area contributed by atoms with Crippen LogP contribution in [0.4, 0.5) is 5.69 Å². The Balaban J connectivity index is 1.93. The molecule has 1 aromatic rings. The van der Waals surface area contributed by atoms with E-state index in [1.165, 1.54) is 12.8 Å². The van der Waals surface area contributed by atoms with Crippen molar-refractivity contribution in [1.82, 2.24) is 4.90 Å². The van der Waals surface area contributed by atoms with Crippen LogP contribution in [0.3, 0.4) is 0 Å². The largest absolute Gasteiger partial charge is 0.326 e. The van der Waals surface area contributed by atoms with Crippen molar-refractivity contribution in [2.75, 3.05) is 18.4 Å². The summed E-state index contributed by atoms with van der Waals surface area (Å²) in [5.41, 5.74) is 7.44. The Morgan fingerprint density at radius 2 is 1.94 bits per heavy atom. The highest BCUT2D eigenvalue weighted by atomic mass is 16.2. The first kappa shape index (κ1) is 13.1. The van der Waals surface area contributed by atoms with Gasteiger partial charge in [0.2, 0.25) is 5.91 Å². The van der Waals surface area contributed by atoms with Crippen molar-refractivity contribution in [3.63, 3.8) is 0 Å². The number of nitrogens with two attached hydrogens (primary N) is 1. The van der Waals surface area contributed by atoms with Gasteiger partial charge in [0.05, 0.1) is 6.04 Å². The van der Waals surface area contributed by atoms with E-state index in [1.54, 1.807) is 0 Å². The molecule has 0 radical (unpaired) electrons. The molecule has 0 aliphatic carbocycles. The third-order valence-electron chi connectivity index (χ3n) is 3.52. The maximum Gasteiger partial charge on any atom is 0.241 e. The van der Waals surface area contributed by atoms with Crippen molar-refractivity contribution >= 4 is 11.6 Å². The fourth-order valence-corrected chi connectivity index (χ4v) is 2.27. The van der Waals surface area contributed by atoms with Crippen LogP contribution in [0.2, 0.25) is 0 Å². The highest BCUT2D eigenvalue weighted by Gasteiger charge is 2.23. The van der Waals surface area contributed by atoms with Crippen LogP contribution < -0.4 is 11.1 Å². The summed E-state index contributed by atoms with van der Waals surface area (Å²) < 4.78 is 0. The molecule has 1 saturated heterocycles. The van der Waals surface area contributed by atoms with Gasteiger partial charge < -0.3 is 11.1 Å². The normalized spacial score (nSPS) is 17.7. The molecule has 98 valence electrons. The van der Waals surface area contributed by atoms with Gasteiger partial charge in [-0.25, -0.2) is 0 Å². The third-order valence-corrected chi connectivity index (χ3v) is 3.52. The van der Waals surface area contributed by atoms with Gasteiger partial charge in [-0.1, -0.05) is 12.1 Å². The Morgan fingerprint density at radius 1 is 1.33 bits per heavy atom. The van der Waals surface area contributed by atoms with Crippen LogP contribution in [0.1, 0.15) is 25.3 Å². The van der Waals surface area contributed by atoms with Gasteiger partial charge in [-0.05, 0) is 50.6 Å². The van der Waals surface area contributed by atoms with E-state index in [1.807, 2.05) is 31.2 Å². The molecule has 1 heterocycles. The molecule has 1 aliphatic rings. The minimum atomic E-state index is -0.0540. The lowest BCUT2D eigenvalue weighted by atomic mass is 10.2. The number of hydrogen-bond donors (Lipinski definition) is 2. The van der Waals surface area contributed by atoms with Crippen molar-refractivity contribution in [1.29, 1.82) is 0 Å². The van der Waals surface area contributed by atoms with Crippen LogP contribution in [0, 0.1) is 0 Å². The summed E-state index contributed by atoms with van der Waals surface area (Å²) in [5.74, 6) is 0.0670. The Kier molecular flexibility index (Phi) is 4.33. The van der Waals surface area contributed by atoms with Gasteiger partial charge in [0.1, 0.15) is 0 Å². The molecule has 18 heavy (non-hydrogen) atoms. The molecule has 0 aromatic heterocycles. The maximum absolute atomic E-state index is 12.1. The molecular formula is C14H21N3O. The summed E-state index contributed by atoms with van der Waals surface area (Å²) in [5, 5.41) is 2.95. The van der Waals surface area contributed by atoms with Crippen molar-refractivity contribution in [2.24, 2.45) is 5.73 Å². The summed E-state index contributed by atoms with van der Waals surface area (Å²) in [6.45, 7) is 4.55. The van der Waals surface area contributed by atoms with E-state index in [-0.39, 0.29) is 11.9 Å². The topological polar surface area (TPSA) is 58.4 Å². The molecule has 4 nitrogen and oxygen atoms in total. The van der Waals surface area contributed by atoms with Crippen LogP contribution in [-0.2, 0) is 11.3 Å². The standard InChI is InChI=1S/C14H21N3O/c1-11(17-8-2-3-9-17)14(18)16-13-6-4-12(10-15)5-7-13/h4-7,11H,2-3,8-10,15H2,1H3,(H,16,18). The number of carbonyl (C=O) groups excluding carboxylic acids is 1. The maximum atomic E-state index is 12.1. The third kappa shape index (κ3) is 3.09. The Morgan fingerprint density at radius 3 is 2.50 bits per heavy atom. The zero-order valence-corrected chi connectivity index (χ0v) is 10.9. The number of benzene rings is 1. The first-order chi connectivity index (χ1) is 8.70. The van der Waals surface area contributed by atoms with Gasteiger partial charge in [0, 0.05) is 12.2 Å². The molecule has 1 unspecified atom stereocenters. The van der Waals surface area contributed by atoms with E-state index < -0.39 is 0 Å². The number of hydrogen-bond acceptors (Lipinski definition) is 3. The number of anilines is 1. The van der Waals surface area contributed by atoms with Gasteiger partial charge in [0.25, 0.3) is 0 Å². The Hall–Kier alpha value is -1.39. The van der Waals surface area contributed by atoms with E-state index in [2.05, 4.69) is 10.2 Å². The fraction of sp³-hybridized carbons (Fsp3) is 0.500.